The molecule has 0 saturated heterocycles. The van der Waals surface area contributed by atoms with Crippen LogP contribution in [0.5, 0.6) is 11.5 Å². The van der Waals surface area contributed by atoms with Crippen LogP contribution in [0.15, 0.2) is 24.3 Å². The van der Waals surface area contributed by atoms with Gasteiger partial charge in [0.2, 0.25) is 5.91 Å². The molecule has 122 valence electrons. The lowest BCUT2D eigenvalue weighted by Crippen LogP contribution is -2.24. The number of rotatable bonds is 9. The van der Waals surface area contributed by atoms with Crippen molar-refractivity contribution in [1.82, 2.24) is 5.32 Å². The molecule has 0 spiro atoms. The lowest BCUT2D eigenvalue weighted by molar-refractivity contribution is -0.116. The third-order valence-corrected chi connectivity index (χ3v) is 2.98. The van der Waals surface area contributed by atoms with E-state index in [-0.39, 0.29) is 19.1 Å². The van der Waals surface area contributed by atoms with E-state index >= 15 is 0 Å². The highest BCUT2D eigenvalue weighted by Crippen LogP contribution is 2.28. The quantitative estimate of drug-likeness (QED) is 0.687. The number of hydrogen-bond donors (Lipinski definition) is 2. The van der Waals surface area contributed by atoms with Gasteiger partial charge in [-0.2, -0.15) is 0 Å². The maximum atomic E-state index is 11.4. The summed E-state index contributed by atoms with van der Waals surface area (Å²) in [5.41, 5.74) is 0.840. The molecule has 0 heterocycles. The zero-order valence-corrected chi connectivity index (χ0v) is 13.5. The average molecular weight is 307 g/mol. The average Bonchev–Trinajstić information content (AvgIpc) is 2.51. The van der Waals surface area contributed by atoms with Gasteiger partial charge in [-0.3, -0.25) is 4.79 Å². The summed E-state index contributed by atoms with van der Waals surface area (Å²) in [5.74, 6) is 1.68. The van der Waals surface area contributed by atoms with Gasteiger partial charge in [-0.1, -0.05) is 19.9 Å². The van der Waals surface area contributed by atoms with Crippen LogP contribution in [0.3, 0.4) is 0 Å². The van der Waals surface area contributed by atoms with E-state index in [0.717, 1.165) is 12.0 Å². The zero-order chi connectivity index (χ0) is 16.4. The van der Waals surface area contributed by atoms with Gasteiger partial charge in [-0.05, 0) is 36.1 Å². The van der Waals surface area contributed by atoms with Crippen molar-refractivity contribution in [2.75, 3.05) is 26.9 Å². The summed E-state index contributed by atoms with van der Waals surface area (Å²) in [6.45, 7) is 5.12. The topological polar surface area (TPSA) is 67.8 Å². The SMILES string of the molecule is COc1cc(/C=C/C(=O)NCCO)ccc1OCCC(C)C. The summed E-state index contributed by atoms with van der Waals surface area (Å²) in [6, 6.07) is 5.52. The maximum Gasteiger partial charge on any atom is 0.244 e. The molecule has 0 aliphatic carbocycles. The van der Waals surface area contributed by atoms with Crippen molar-refractivity contribution in [2.45, 2.75) is 20.3 Å². The molecule has 0 aliphatic heterocycles. The summed E-state index contributed by atoms with van der Waals surface area (Å²) < 4.78 is 11.0. The van der Waals surface area contributed by atoms with Gasteiger partial charge < -0.3 is 19.9 Å². The molecule has 0 bridgehead atoms. The molecular formula is C17H25NO4. The minimum Gasteiger partial charge on any atom is -0.493 e. The molecule has 1 aromatic rings. The zero-order valence-electron chi connectivity index (χ0n) is 13.5. The van der Waals surface area contributed by atoms with Gasteiger partial charge >= 0.3 is 0 Å². The molecule has 0 saturated carbocycles. The number of benzene rings is 1. The van der Waals surface area contributed by atoms with E-state index < -0.39 is 0 Å². The Kier molecular flexibility index (Phi) is 8.07. The third kappa shape index (κ3) is 6.63. The number of carbonyl (C=O) groups is 1. The molecule has 5 heteroatoms. The second-order valence-corrected chi connectivity index (χ2v) is 5.29. The van der Waals surface area contributed by atoms with Crippen molar-refractivity contribution in [3.8, 4) is 11.5 Å². The Morgan fingerprint density at radius 1 is 1.36 bits per heavy atom. The summed E-state index contributed by atoms with van der Waals surface area (Å²) in [7, 11) is 1.59. The smallest absolute Gasteiger partial charge is 0.244 e. The summed E-state index contributed by atoms with van der Waals surface area (Å²) >= 11 is 0. The Morgan fingerprint density at radius 2 is 2.14 bits per heavy atom. The van der Waals surface area contributed by atoms with Crippen molar-refractivity contribution in [2.24, 2.45) is 5.92 Å². The third-order valence-electron chi connectivity index (χ3n) is 2.98. The Hall–Kier alpha value is -2.01. The number of nitrogens with one attached hydrogen (secondary N) is 1. The van der Waals surface area contributed by atoms with Crippen LogP contribution in [-0.4, -0.2) is 37.9 Å². The van der Waals surface area contributed by atoms with Crippen molar-refractivity contribution in [3.63, 3.8) is 0 Å². The standard InChI is InChI=1S/C17H25NO4/c1-13(2)8-11-22-15-6-4-14(12-16(15)21-3)5-7-17(20)18-9-10-19/h4-7,12-13,19H,8-11H2,1-3H3,(H,18,20)/b7-5+. The molecule has 2 N–H and O–H groups in total. The van der Waals surface area contributed by atoms with Crippen LogP contribution in [0, 0.1) is 5.92 Å². The van der Waals surface area contributed by atoms with Crippen molar-refractivity contribution < 1.29 is 19.4 Å². The van der Waals surface area contributed by atoms with E-state index in [1.165, 1.54) is 6.08 Å². The van der Waals surface area contributed by atoms with Gasteiger partial charge in [0, 0.05) is 12.6 Å². The Bertz CT molecular complexity index is 497. The minimum atomic E-state index is -0.245. The number of carbonyl (C=O) groups excluding carboxylic acids is 1. The number of hydrogen-bond acceptors (Lipinski definition) is 4. The predicted molar refractivity (Wildman–Crippen MR) is 87.1 cm³/mol. The first-order chi connectivity index (χ1) is 10.6. The lowest BCUT2D eigenvalue weighted by atomic mass is 10.1. The van der Waals surface area contributed by atoms with Gasteiger partial charge in [0.15, 0.2) is 11.5 Å². The van der Waals surface area contributed by atoms with E-state index in [1.807, 2.05) is 18.2 Å². The van der Waals surface area contributed by atoms with Crippen molar-refractivity contribution in [1.29, 1.82) is 0 Å². The number of aliphatic hydroxyl groups excluding tert-OH is 1. The monoisotopic (exact) mass is 307 g/mol. The second kappa shape index (κ2) is 9.84. The molecule has 0 fully saturated rings. The second-order valence-electron chi connectivity index (χ2n) is 5.29. The predicted octanol–water partition coefficient (Wildman–Crippen LogP) is 2.24. The molecule has 1 amide bonds. The number of methoxy groups -OCH3 is 1. The molecule has 0 aromatic heterocycles. The molecular weight excluding hydrogens is 282 g/mol. The first kappa shape index (κ1) is 18.0. The first-order valence-corrected chi connectivity index (χ1v) is 7.44. The molecule has 1 aromatic carbocycles. The Morgan fingerprint density at radius 3 is 2.77 bits per heavy atom. The summed E-state index contributed by atoms with van der Waals surface area (Å²) in [5, 5.41) is 11.2. The van der Waals surface area contributed by atoms with E-state index in [4.69, 9.17) is 14.6 Å². The fraction of sp³-hybridized carbons (Fsp3) is 0.471. The minimum absolute atomic E-state index is 0.0736. The highest BCUT2D eigenvalue weighted by atomic mass is 16.5. The highest BCUT2D eigenvalue weighted by Gasteiger charge is 2.05. The van der Waals surface area contributed by atoms with Gasteiger partial charge in [-0.15, -0.1) is 0 Å². The van der Waals surface area contributed by atoms with Crippen LogP contribution in [-0.2, 0) is 4.79 Å². The fourth-order valence-corrected chi connectivity index (χ4v) is 1.72. The molecule has 0 unspecified atom stereocenters. The highest BCUT2D eigenvalue weighted by molar-refractivity contribution is 5.91. The Balaban J connectivity index is 2.67. The van der Waals surface area contributed by atoms with Crippen molar-refractivity contribution in [3.05, 3.63) is 29.8 Å². The van der Waals surface area contributed by atoms with Crippen LogP contribution >= 0.6 is 0 Å². The molecule has 1 rings (SSSR count). The van der Waals surface area contributed by atoms with Gasteiger partial charge in [0.25, 0.3) is 0 Å². The fourth-order valence-electron chi connectivity index (χ4n) is 1.72. The van der Waals surface area contributed by atoms with Crippen LogP contribution < -0.4 is 14.8 Å². The van der Waals surface area contributed by atoms with Crippen molar-refractivity contribution >= 4 is 12.0 Å². The van der Waals surface area contributed by atoms with E-state index in [1.54, 1.807) is 13.2 Å². The molecule has 0 radical (unpaired) electrons. The molecule has 0 atom stereocenters. The lowest BCUT2D eigenvalue weighted by Gasteiger charge is -2.12. The molecule has 0 aliphatic rings. The Labute approximate surface area is 131 Å². The van der Waals surface area contributed by atoms with Gasteiger partial charge in [-0.25, -0.2) is 0 Å². The van der Waals surface area contributed by atoms with Crippen LogP contribution in [0.4, 0.5) is 0 Å². The normalized spacial score (nSPS) is 11.0. The molecule has 5 nitrogen and oxygen atoms in total. The number of aliphatic hydroxyl groups is 1. The number of amides is 1. The molecule has 22 heavy (non-hydrogen) atoms. The van der Waals surface area contributed by atoms with Crippen LogP contribution in [0.25, 0.3) is 6.08 Å². The van der Waals surface area contributed by atoms with E-state index in [9.17, 15) is 4.79 Å². The maximum absolute atomic E-state index is 11.4. The van der Waals surface area contributed by atoms with E-state index in [2.05, 4.69) is 19.2 Å². The number of ether oxygens (including phenoxy) is 2. The first-order valence-electron chi connectivity index (χ1n) is 7.44. The van der Waals surface area contributed by atoms with Gasteiger partial charge in [0.05, 0.1) is 20.3 Å². The largest absolute Gasteiger partial charge is 0.493 e. The summed E-state index contributed by atoms with van der Waals surface area (Å²) in [4.78, 5) is 11.4. The van der Waals surface area contributed by atoms with Gasteiger partial charge in [0.1, 0.15) is 0 Å². The summed E-state index contributed by atoms with van der Waals surface area (Å²) in [6.07, 6.45) is 4.09. The van der Waals surface area contributed by atoms with E-state index in [0.29, 0.717) is 24.0 Å². The van der Waals surface area contributed by atoms with Crippen LogP contribution in [0.1, 0.15) is 25.8 Å². The van der Waals surface area contributed by atoms with Crippen LogP contribution in [0.2, 0.25) is 0 Å².